The normalized spacial score (nSPS) is 10.7. The maximum Gasteiger partial charge on any atom is 0.243 e. The minimum absolute atomic E-state index is 0.0615. The van der Waals surface area contributed by atoms with E-state index in [0.717, 1.165) is 0 Å². The Morgan fingerprint density at radius 2 is 2.12 bits per heavy atom. The molecular weight excluding hydrogens is 330 g/mol. The number of carbonyl (C=O) groups excluding carboxylic acids is 1. The van der Waals surface area contributed by atoms with E-state index in [2.05, 4.69) is 36.1 Å². The molecule has 1 aromatic heterocycles. The predicted molar refractivity (Wildman–Crippen MR) is 100 cm³/mol. The van der Waals surface area contributed by atoms with Gasteiger partial charge in [-0.25, -0.2) is 9.97 Å². The summed E-state index contributed by atoms with van der Waals surface area (Å²) in [6.07, 6.45) is 1.52. The molecule has 0 aliphatic heterocycles. The lowest BCUT2D eigenvalue weighted by molar-refractivity contribution is -0.115. The summed E-state index contributed by atoms with van der Waals surface area (Å²) < 4.78 is 5.17. The Labute approximate surface area is 153 Å². The number of methoxy groups -OCH3 is 1. The highest BCUT2D eigenvalue weighted by atomic mass is 16.5. The number of amides is 1. The maximum atomic E-state index is 12.5. The van der Waals surface area contributed by atoms with Gasteiger partial charge in [0.15, 0.2) is 0 Å². The molecule has 0 saturated heterocycles. The Bertz CT molecular complexity index is 808. The standard InChI is InChI=1S/C19H23N5O2/c1-19(2,3)13-24(17-8-9-21-16(11-20)23-17)12-18(25)22-14-6-5-7-15(10-14)26-4/h5-10H,12-13H2,1-4H3,(H,22,25). The summed E-state index contributed by atoms with van der Waals surface area (Å²) in [4.78, 5) is 22.5. The summed E-state index contributed by atoms with van der Waals surface area (Å²) in [5.74, 6) is 1.12. The molecule has 7 nitrogen and oxygen atoms in total. The molecule has 1 amide bonds. The largest absolute Gasteiger partial charge is 0.497 e. The monoisotopic (exact) mass is 353 g/mol. The lowest BCUT2D eigenvalue weighted by Crippen LogP contribution is -2.39. The molecule has 1 N–H and O–H groups in total. The fourth-order valence-electron chi connectivity index (χ4n) is 2.44. The van der Waals surface area contributed by atoms with E-state index in [1.807, 2.05) is 23.1 Å². The van der Waals surface area contributed by atoms with Crippen LogP contribution in [-0.2, 0) is 4.79 Å². The number of rotatable bonds is 6. The first-order valence-electron chi connectivity index (χ1n) is 8.23. The van der Waals surface area contributed by atoms with E-state index < -0.39 is 0 Å². The van der Waals surface area contributed by atoms with Gasteiger partial charge in [-0.05, 0) is 23.6 Å². The second kappa shape index (κ2) is 8.30. The SMILES string of the molecule is COc1cccc(NC(=O)CN(CC(C)(C)C)c2ccnc(C#N)n2)c1. The van der Waals surface area contributed by atoms with Crippen molar-refractivity contribution in [2.45, 2.75) is 20.8 Å². The number of ether oxygens (including phenoxy) is 1. The molecule has 2 rings (SSSR count). The van der Waals surface area contributed by atoms with Gasteiger partial charge >= 0.3 is 0 Å². The second-order valence-electron chi connectivity index (χ2n) is 7.05. The molecule has 26 heavy (non-hydrogen) atoms. The van der Waals surface area contributed by atoms with Crippen LogP contribution in [0.1, 0.15) is 26.6 Å². The Hall–Kier alpha value is -3.14. The number of nitrogens with zero attached hydrogens (tertiary/aromatic N) is 4. The van der Waals surface area contributed by atoms with Crippen LogP contribution in [0.5, 0.6) is 5.75 Å². The fraction of sp³-hybridized carbons (Fsp3) is 0.368. The van der Waals surface area contributed by atoms with Crippen LogP contribution in [0.2, 0.25) is 0 Å². The highest BCUT2D eigenvalue weighted by molar-refractivity contribution is 5.94. The first-order valence-corrected chi connectivity index (χ1v) is 8.23. The van der Waals surface area contributed by atoms with Gasteiger partial charge in [-0.1, -0.05) is 26.8 Å². The Morgan fingerprint density at radius 3 is 2.77 bits per heavy atom. The van der Waals surface area contributed by atoms with Gasteiger partial charge in [0.1, 0.15) is 17.6 Å². The lowest BCUT2D eigenvalue weighted by atomic mass is 9.96. The number of anilines is 2. The van der Waals surface area contributed by atoms with Crippen molar-refractivity contribution in [1.82, 2.24) is 9.97 Å². The van der Waals surface area contributed by atoms with Crippen LogP contribution >= 0.6 is 0 Å². The minimum Gasteiger partial charge on any atom is -0.497 e. The van der Waals surface area contributed by atoms with Crippen molar-refractivity contribution in [3.05, 3.63) is 42.4 Å². The topological polar surface area (TPSA) is 91.1 Å². The summed E-state index contributed by atoms with van der Waals surface area (Å²) in [5, 5.41) is 11.9. The second-order valence-corrected chi connectivity index (χ2v) is 7.05. The smallest absolute Gasteiger partial charge is 0.243 e. The van der Waals surface area contributed by atoms with Gasteiger partial charge in [-0.3, -0.25) is 4.79 Å². The van der Waals surface area contributed by atoms with E-state index in [1.54, 1.807) is 25.3 Å². The molecule has 0 aliphatic carbocycles. The summed E-state index contributed by atoms with van der Waals surface area (Å²) in [5.41, 5.74) is 0.596. The van der Waals surface area contributed by atoms with Crippen molar-refractivity contribution >= 4 is 17.4 Å². The Morgan fingerprint density at radius 1 is 1.35 bits per heavy atom. The number of aromatic nitrogens is 2. The van der Waals surface area contributed by atoms with Crippen LogP contribution in [0.3, 0.4) is 0 Å². The van der Waals surface area contributed by atoms with Gasteiger partial charge in [0.2, 0.25) is 11.7 Å². The van der Waals surface area contributed by atoms with Crippen LogP contribution in [0.15, 0.2) is 36.5 Å². The molecule has 0 radical (unpaired) electrons. The highest BCUT2D eigenvalue weighted by Gasteiger charge is 2.21. The summed E-state index contributed by atoms with van der Waals surface area (Å²) in [6.45, 7) is 6.93. The third kappa shape index (κ3) is 5.74. The van der Waals surface area contributed by atoms with E-state index in [0.29, 0.717) is 23.8 Å². The molecule has 0 saturated carbocycles. The maximum absolute atomic E-state index is 12.5. The molecule has 0 atom stereocenters. The number of hydrogen-bond acceptors (Lipinski definition) is 6. The first kappa shape index (κ1) is 19.2. The number of benzene rings is 1. The number of nitriles is 1. The van der Waals surface area contributed by atoms with E-state index in [-0.39, 0.29) is 23.7 Å². The van der Waals surface area contributed by atoms with Gasteiger partial charge in [0.25, 0.3) is 0 Å². The summed E-state index contributed by atoms with van der Waals surface area (Å²) in [7, 11) is 1.58. The zero-order valence-electron chi connectivity index (χ0n) is 15.5. The van der Waals surface area contributed by atoms with Gasteiger partial charge in [-0.2, -0.15) is 5.26 Å². The number of hydrogen-bond donors (Lipinski definition) is 1. The van der Waals surface area contributed by atoms with Crippen molar-refractivity contribution < 1.29 is 9.53 Å². The predicted octanol–water partition coefficient (Wildman–Crippen LogP) is 2.85. The van der Waals surface area contributed by atoms with Crippen molar-refractivity contribution in [3.8, 4) is 11.8 Å². The molecule has 0 fully saturated rings. The number of carbonyl (C=O) groups is 1. The van der Waals surface area contributed by atoms with Crippen LogP contribution in [0.4, 0.5) is 11.5 Å². The fourth-order valence-corrected chi connectivity index (χ4v) is 2.44. The zero-order valence-corrected chi connectivity index (χ0v) is 15.5. The molecule has 1 heterocycles. The van der Waals surface area contributed by atoms with Gasteiger partial charge in [0.05, 0.1) is 13.7 Å². The average Bonchev–Trinajstić information content (AvgIpc) is 2.60. The molecule has 2 aromatic rings. The van der Waals surface area contributed by atoms with Crippen LogP contribution in [0, 0.1) is 16.7 Å². The van der Waals surface area contributed by atoms with E-state index in [4.69, 9.17) is 10.00 Å². The summed E-state index contributed by atoms with van der Waals surface area (Å²) >= 11 is 0. The zero-order chi connectivity index (χ0) is 19.2. The first-order chi connectivity index (χ1) is 12.3. The molecule has 0 unspecified atom stereocenters. The molecule has 7 heteroatoms. The summed E-state index contributed by atoms with van der Waals surface area (Å²) in [6, 6.07) is 10.8. The molecule has 0 bridgehead atoms. The third-order valence-electron chi connectivity index (χ3n) is 3.42. The Balaban J connectivity index is 2.17. The Kier molecular flexibility index (Phi) is 6.12. The van der Waals surface area contributed by atoms with E-state index >= 15 is 0 Å². The highest BCUT2D eigenvalue weighted by Crippen LogP contribution is 2.21. The van der Waals surface area contributed by atoms with E-state index in [1.165, 1.54) is 6.20 Å². The third-order valence-corrected chi connectivity index (χ3v) is 3.42. The van der Waals surface area contributed by atoms with Crippen molar-refractivity contribution in [2.24, 2.45) is 5.41 Å². The lowest BCUT2D eigenvalue weighted by Gasteiger charge is -2.30. The quantitative estimate of drug-likeness (QED) is 0.859. The van der Waals surface area contributed by atoms with Crippen molar-refractivity contribution in [1.29, 1.82) is 5.26 Å². The molecule has 0 spiro atoms. The van der Waals surface area contributed by atoms with Crippen LogP contribution in [0.25, 0.3) is 0 Å². The van der Waals surface area contributed by atoms with Gasteiger partial charge < -0.3 is 15.0 Å². The molecule has 136 valence electrons. The van der Waals surface area contributed by atoms with E-state index in [9.17, 15) is 4.79 Å². The van der Waals surface area contributed by atoms with Crippen LogP contribution < -0.4 is 15.0 Å². The average molecular weight is 353 g/mol. The number of nitrogens with one attached hydrogen (secondary N) is 1. The van der Waals surface area contributed by atoms with Crippen molar-refractivity contribution in [3.63, 3.8) is 0 Å². The van der Waals surface area contributed by atoms with Crippen LogP contribution in [-0.4, -0.2) is 36.1 Å². The molecular formula is C19H23N5O2. The minimum atomic E-state index is -0.181. The van der Waals surface area contributed by atoms with Crippen molar-refractivity contribution in [2.75, 3.05) is 30.4 Å². The van der Waals surface area contributed by atoms with Gasteiger partial charge in [0, 0.05) is 24.5 Å². The molecule has 0 aliphatic rings. The van der Waals surface area contributed by atoms with Gasteiger partial charge in [-0.15, -0.1) is 0 Å². The molecule has 1 aromatic carbocycles.